The highest BCUT2D eigenvalue weighted by Gasteiger charge is 2.42. The summed E-state index contributed by atoms with van der Waals surface area (Å²) >= 11 is 0. The lowest BCUT2D eigenvalue weighted by Crippen LogP contribution is -2.47. The molecule has 0 saturated carbocycles. The van der Waals surface area contributed by atoms with Crippen LogP contribution in [0.15, 0.2) is 83.5 Å². The summed E-state index contributed by atoms with van der Waals surface area (Å²) in [7, 11) is -3.95. The molecule has 1 amide bonds. The van der Waals surface area contributed by atoms with Crippen molar-refractivity contribution in [3.05, 3.63) is 90.4 Å². The fraction of sp³-hybridized carbons (Fsp3) is 0.320. The summed E-state index contributed by atoms with van der Waals surface area (Å²) in [5, 5.41) is 14.2. The number of aliphatic hydroxyl groups is 1. The van der Waals surface area contributed by atoms with Gasteiger partial charge in [-0.1, -0.05) is 48.5 Å². The Morgan fingerprint density at radius 1 is 1.03 bits per heavy atom. The Bertz CT molecular complexity index is 1030. The van der Waals surface area contributed by atoms with E-state index in [0.29, 0.717) is 18.1 Å². The Labute approximate surface area is 189 Å². The van der Waals surface area contributed by atoms with Crippen LogP contribution in [-0.4, -0.2) is 22.7 Å². The number of nitrogens with one attached hydrogen (secondary N) is 1. The zero-order chi connectivity index (χ0) is 23.2. The maximum absolute atomic E-state index is 14.2. The molecule has 1 heterocycles. The smallest absolute Gasteiger partial charge is 0.268 e. The number of carbonyl (C=O) groups is 1. The number of amides is 1. The van der Waals surface area contributed by atoms with Crippen molar-refractivity contribution in [1.82, 2.24) is 5.32 Å². The second-order valence-corrected chi connectivity index (χ2v) is 11.1. The molecular formula is C25H30NO5P. The molecule has 0 spiro atoms. The van der Waals surface area contributed by atoms with E-state index in [1.807, 2.05) is 51.1 Å². The van der Waals surface area contributed by atoms with Gasteiger partial charge in [0.15, 0.2) is 5.85 Å². The third-order valence-electron chi connectivity index (χ3n) is 4.85. The third kappa shape index (κ3) is 6.19. The summed E-state index contributed by atoms with van der Waals surface area (Å²) in [5.41, 5.74) is 0.535. The lowest BCUT2D eigenvalue weighted by molar-refractivity contribution is -0.129. The number of aliphatic hydroxyl groups excluding tert-OH is 1. The Morgan fingerprint density at radius 2 is 1.66 bits per heavy atom. The van der Waals surface area contributed by atoms with Crippen molar-refractivity contribution in [3.8, 4) is 0 Å². The van der Waals surface area contributed by atoms with Crippen molar-refractivity contribution in [1.29, 1.82) is 0 Å². The molecule has 3 unspecified atom stereocenters. The molecular weight excluding hydrogens is 425 g/mol. The second-order valence-electron chi connectivity index (χ2n) is 8.68. The molecule has 0 radical (unpaired) electrons. The van der Waals surface area contributed by atoms with E-state index < -0.39 is 24.9 Å². The monoisotopic (exact) mass is 455 g/mol. The zero-order valence-electron chi connectivity index (χ0n) is 18.6. The van der Waals surface area contributed by atoms with E-state index >= 15 is 0 Å². The van der Waals surface area contributed by atoms with Gasteiger partial charge in [0.25, 0.3) is 7.37 Å². The minimum Gasteiger partial charge on any atom is -0.466 e. The van der Waals surface area contributed by atoms with Crippen LogP contribution < -0.4 is 10.6 Å². The molecule has 170 valence electrons. The van der Waals surface area contributed by atoms with Crippen LogP contribution in [0.2, 0.25) is 0 Å². The summed E-state index contributed by atoms with van der Waals surface area (Å²) < 4.78 is 25.6. The molecule has 0 aliphatic heterocycles. The predicted octanol–water partition coefficient (Wildman–Crippen LogP) is 4.81. The van der Waals surface area contributed by atoms with Gasteiger partial charge in [-0.15, -0.1) is 0 Å². The number of benzene rings is 2. The molecule has 0 saturated heterocycles. The van der Waals surface area contributed by atoms with E-state index in [0.717, 1.165) is 5.56 Å². The Hall–Kier alpha value is -2.66. The first kappa shape index (κ1) is 24.0. The standard InChI is InChI=1S/C25H30NO5P/c1-25(2,3)26-23(27)21(17-16-19-11-6-4-7-12-19)31-32(29,20-13-8-5-9-14-20)24(28)22-15-10-18-30-22/h4-15,18,21,24,28H,16-17H2,1-3H3,(H,26,27). The van der Waals surface area contributed by atoms with Gasteiger partial charge < -0.3 is 19.4 Å². The molecule has 0 aliphatic rings. The van der Waals surface area contributed by atoms with Gasteiger partial charge in [-0.2, -0.15) is 0 Å². The van der Waals surface area contributed by atoms with Crippen LogP contribution in [0.25, 0.3) is 0 Å². The SMILES string of the molecule is CC(C)(C)NC(=O)C(CCc1ccccc1)OP(=O)(c1ccccc1)C(O)c1ccco1. The number of hydrogen-bond acceptors (Lipinski definition) is 5. The van der Waals surface area contributed by atoms with E-state index in [9.17, 15) is 14.5 Å². The Balaban J connectivity index is 1.94. The second kappa shape index (κ2) is 10.3. The molecule has 3 aromatic rings. The first-order chi connectivity index (χ1) is 15.2. The van der Waals surface area contributed by atoms with E-state index in [4.69, 9.17) is 8.94 Å². The summed E-state index contributed by atoms with van der Waals surface area (Å²) in [6, 6.07) is 21.3. The summed E-state index contributed by atoms with van der Waals surface area (Å²) in [6.45, 7) is 5.61. The number of rotatable bonds is 9. The number of carbonyl (C=O) groups excluding carboxylic acids is 1. The maximum atomic E-state index is 14.2. The fourth-order valence-electron chi connectivity index (χ4n) is 3.31. The van der Waals surface area contributed by atoms with Crippen LogP contribution in [-0.2, 0) is 20.3 Å². The molecule has 2 aromatic carbocycles. The number of aryl methyl sites for hydroxylation is 1. The molecule has 3 rings (SSSR count). The first-order valence-electron chi connectivity index (χ1n) is 10.6. The molecule has 7 heteroatoms. The lowest BCUT2D eigenvalue weighted by atomic mass is 10.0. The van der Waals surface area contributed by atoms with Gasteiger partial charge in [0.05, 0.1) is 6.26 Å². The lowest BCUT2D eigenvalue weighted by Gasteiger charge is -2.30. The van der Waals surface area contributed by atoms with Gasteiger partial charge in [-0.05, 0) is 63.4 Å². The highest BCUT2D eigenvalue weighted by atomic mass is 31.2. The van der Waals surface area contributed by atoms with Crippen molar-refractivity contribution in [2.45, 2.75) is 51.1 Å². The summed E-state index contributed by atoms with van der Waals surface area (Å²) in [6.07, 6.45) is 1.21. The van der Waals surface area contributed by atoms with Crippen LogP contribution in [0.3, 0.4) is 0 Å². The van der Waals surface area contributed by atoms with Crippen LogP contribution in [0.1, 0.15) is 44.4 Å². The van der Waals surface area contributed by atoms with Gasteiger partial charge in [-0.3, -0.25) is 9.36 Å². The number of furan rings is 1. The molecule has 0 aliphatic carbocycles. The average molecular weight is 455 g/mol. The topological polar surface area (TPSA) is 88.8 Å². The Kier molecular flexibility index (Phi) is 7.73. The molecule has 6 nitrogen and oxygen atoms in total. The first-order valence-corrected chi connectivity index (χ1v) is 12.3. The van der Waals surface area contributed by atoms with Gasteiger partial charge in [0, 0.05) is 10.8 Å². The molecule has 3 atom stereocenters. The maximum Gasteiger partial charge on any atom is 0.268 e. The quantitative estimate of drug-likeness (QED) is 0.452. The Morgan fingerprint density at radius 3 is 2.22 bits per heavy atom. The van der Waals surface area contributed by atoms with E-state index in [1.165, 1.54) is 12.3 Å². The minimum atomic E-state index is -3.95. The van der Waals surface area contributed by atoms with Crippen LogP contribution >= 0.6 is 7.37 Å². The van der Waals surface area contributed by atoms with Crippen molar-refractivity contribution in [2.75, 3.05) is 0 Å². The van der Waals surface area contributed by atoms with E-state index in [1.54, 1.807) is 36.4 Å². The number of hydrogen-bond donors (Lipinski definition) is 2. The summed E-state index contributed by atoms with van der Waals surface area (Å²) in [5.74, 6) is -1.80. The molecule has 2 N–H and O–H groups in total. The normalized spacial score (nSPS) is 15.5. The van der Waals surface area contributed by atoms with Gasteiger partial charge >= 0.3 is 0 Å². The van der Waals surface area contributed by atoms with E-state index in [-0.39, 0.29) is 11.7 Å². The third-order valence-corrected chi connectivity index (χ3v) is 7.33. The highest BCUT2D eigenvalue weighted by molar-refractivity contribution is 7.67. The zero-order valence-corrected chi connectivity index (χ0v) is 19.5. The fourth-order valence-corrected chi connectivity index (χ4v) is 5.48. The van der Waals surface area contributed by atoms with Gasteiger partial charge in [0.2, 0.25) is 5.91 Å². The van der Waals surface area contributed by atoms with Crippen molar-refractivity contribution in [2.24, 2.45) is 0 Å². The molecule has 32 heavy (non-hydrogen) atoms. The van der Waals surface area contributed by atoms with Crippen molar-refractivity contribution < 1.29 is 23.4 Å². The predicted molar refractivity (Wildman–Crippen MR) is 125 cm³/mol. The highest BCUT2D eigenvalue weighted by Crippen LogP contribution is 2.58. The molecule has 1 aromatic heterocycles. The van der Waals surface area contributed by atoms with Crippen LogP contribution in [0, 0.1) is 0 Å². The summed E-state index contributed by atoms with van der Waals surface area (Å²) in [4.78, 5) is 13.1. The van der Waals surface area contributed by atoms with Gasteiger partial charge in [0.1, 0.15) is 11.9 Å². The van der Waals surface area contributed by atoms with Crippen LogP contribution in [0.4, 0.5) is 0 Å². The van der Waals surface area contributed by atoms with Gasteiger partial charge in [-0.25, -0.2) is 0 Å². The van der Waals surface area contributed by atoms with E-state index in [2.05, 4.69) is 5.32 Å². The van der Waals surface area contributed by atoms with Crippen molar-refractivity contribution >= 4 is 18.6 Å². The molecule has 0 bridgehead atoms. The van der Waals surface area contributed by atoms with Crippen LogP contribution in [0.5, 0.6) is 0 Å². The largest absolute Gasteiger partial charge is 0.466 e. The molecule has 0 fully saturated rings. The van der Waals surface area contributed by atoms with Crippen molar-refractivity contribution in [3.63, 3.8) is 0 Å². The minimum absolute atomic E-state index is 0.121. The average Bonchev–Trinajstić information content (AvgIpc) is 3.31.